The zero-order chi connectivity index (χ0) is 26.3. The predicted molar refractivity (Wildman–Crippen MR) is 155 cm³/mol. The van der Waals surface area contributed by atoms with Gasteiger partial charge in [0.2, 0.25) is 11.6 Å². The number of hydrogen-bond donors (Lipinski definition) is 2. The molecule has 0 saturated heterocycles. The lowest BCUT2D eigenvalue weighted by Crippen LogP contribution is -2.09. The number of anilines is 3. The minimum Gasteiger partial charge on any atom is -0.364 e. The molecule has 0 bridgehead atoms. The van der Waals surface area contributed by atoms with Gasteiger partial charge in [0.25, 0.3) is 0 Å². The Morgan fingerprint density at radius 2 is 1.46 bits per heavy atom. The molecule has 0 atom stereocenters. The Balaban J connectivity index is 1.35. The van der Waals surface area contributed by atoms with Crippen LogP contribution in [0.1, 0.15) is 102 Å². The van der Waals surface area contributed by atoms with E-state index in [0.717, 1.165) is 28.6 Å². The topological polar surface area (TPSA) is 106 Å². The van der Waals surface area contributed by atoms with E-state index in [-0.39, 0.29) is 17.3 Å². The predicted octanol–water partition coefficient (Wildman–Crippen LogP) is 8.94. The van der Waals surface area contributed by atoms with E-state index in [1.165, 1.54) is 94.7 Å². The van der Waals surface area contributed by atoms with Crippen molar-refractivity contribution in [3.63, 3.8) is 0 Å². The SMILES string of the molecule is CCCCCCCCCCCCCCCCNc1ncnc(Nc2nc3ccc(C)cc3s2)c1[N+](=O)[O-]. The summed E-state index contributed by atoms with van der Waals surface area (Å²) in [6.45, 7) is 4.94. The Labute approximate surface area is 224 Å². The largest absolute Gasteiger partial charge is 0.364 e. The van der Waals surface area contributed by atoms with Crippen LogP contribution in [0.4, 0.5) is 22.5 Å². The van der Waals surface area contributed by atoms with Crippen LogP contribution in [0.2, 0.25) is 0 Å². The Kier molecular flexibility index (Phi) is 12.5. The molecule has 0 radical (unpaired) electrons. The fraction of sp³-hybridized carbons (Fsp3) is 0.607. The van der Waals surface area contributed by atoms with E-state index in [1.807, 2.05) is 19.1 Å². The summed E-state index contributed by atoms with van der Waals surface area (Å²) in [5, 5.41) is 18.6. The minimum atomic E-state index is -0.437. The second-order valence-corrected chi connectivity index (χ2v) is 10.8. The Morgan fingerprint density at radius 1 is 0.865 bits per heavy atom. The summed E-state index contributed by atoms with van der Waals surface area (Å²) in [5.41, 5.74) is 1.85. The lowest BCUT2D eigenvalue weighted by Gasteiger charge is -2.09. The summed E-state index contributed by atoms with van der Waals surface area (Å²) in [7, 11) is 0. The number of nitrogens with zero attached hydrogens (tertiary/aromatic N) is 4. The molecular weight excluding hydrogens is 484 g/mol. The summed E-state index contributed by atoms with van der Waals surface area (Å²) in [5.74, 6) is 0.397. The number of unbranched alkanes of at least 4 members (excludes halogenated alkanes) is 13. The van der Waals surface area contributed by atoms with Crippen LogP contribution in [0, 0.1) is 17.0 Å². The van der Waals surface area contributed by atoms with E-state index < -0.39 is 4.92 Å². The van der Waals surface area contributed by atoms with Crippen LogP contribution in [0.25, 0.3) is 10.2 Å². The maximum Gasteiger partial charge on any atom is 0.353 e. The number of fused-ring (bicyclic) bond motifs is 1. The second kappa shape index (κ2) is 16.1. The molecule has 202 valence electrons. The first-order valence-corrected chi connectivity index (χ1v) is 14.8. The molecule has 0 fully saturated rings. The van der Waals surface area contributed by atoms with Gasteiger partial charge in [-0.2, -0.15) is 0 Å². The molecule has 0 aliphatic rings. The van der Waals surface area contributed by atoms with Gasteiger partial charge >= 0.3 is 5.69 Å². The quantitative estimate of drug-likeness (QED) is 0.0912. The van der Waals surface area contributed by atoms with Gasteiger partial charge in [0.05, 0.1) is 15.1 Å². The van der Waals surface area contributed by atoms with E-state index in [4.69, 9.17) is 0 Å². The zero-order valence-electron chi connectivity index (χ0n) is 22.4. The van der Waals surface area contributed by atoms with Gasteiger partial charge in [-0.1, -0.05) is 108 Å². The molecule has 1 aromatic carbocycles. The first-order valence-electron chi connectivity index (χ1n) is 14.0. The number of hydrogen-bond acceptors (Lipinski definition) is 8. The summed E-state index contributed by atoms with van der Waals surface area (Å²) in [4.78, 5) is 24.2. The van der Waals surface area contributed by atoms with Crippen LogP contribution < -0.4 is 10.6 Å². The van der Waals surface area contributed by atoms with Crippen LogP contribution in [-0.4, -0.2) is 26.4 Å². The zero-order valence-corrected chi connectivity index (χ0v) is 23.2. The van der Waals surface area contributed by atoms with Crippen molar-refractivity contribution in [1.82, 2.24) is 15.0 Å². The third-order valence-corrected chi connectivity index (χ3v) is 7.53. The number of thiazole rings is 1. The van der Waals surface area contributed by atoms with Crippen LogP contribution in [0.3, 0.4) is 0 Å². The van der Waals surface area contributed by atoms with Crippen molar-refractivity contribution in [3.8, 4) is 0 Å². The van der Waals surface area contributed by atoms with Crippen LogP contribution >= 0.6 is 11.3 Å². The summed E-state index contributed by atoms with van der Waals surface area (Å²) in [6, 6.07) is 6.00. The van der Waals surface area contributed by atoms with Crippen molar-refractivity contribution in [2.75, 3.05) is 17.2 Å². The number of nitro groups is 1. The standard InChI is InChI=1S/C28H42N6O2S/c1-3-4-5-6-7-8-9-10-11-12-13-14-15-16-19-29-26-25(34(35)36)27(31-21-30-26)33-28-32-23-18-17-22(2)20-24(23)37-28/h17-18,20-21H,3-16,19H2,1-2H3,(H2,29,30,31,32,33). The number of aromatic nitrogens is 3. The van der Waals surface area contributed by atoms with Crippen molar-refractivity contribution in [3.05, 3.63) is 40.2 Å². The maximum atomic E-state index is 11.8. The highest BCUT2D eigenvalue weighted by molar-refractivity contribution is 7.22. The number of benzene rings is 1. The van der Waals surface area contributed by atoms with Crippen molar-refractivity contribution >= 4 is 44.0 Å². The molecule has 0 aliphatic heterocycles. The molecule has 3 rings (SSSR count). The van der Waals surface area contributed by atoms with Gasteiger partial charge in [-0.15, -0.1) is 0 Å². The minimum absolute atomic E-state index is 0.150. The van der Waals surface area contributed by atoms with Gasteiger partial charge in [0.15, 0.2) is 5.13 Å². The molecule has 2 heterocycles. The van der Waals surface area contributed by atoms with E-state index in [0.29, 0.717) is 11.7 Å². The summed E-state index contributed by atoms with van der Waals surface area (Å²) in [6.07, 6.45) is 19.6. The Hall–Kier alpha value is -2.81. The Morgan fingerprint density at radius 3 is 2.08 bits per heavy atom. The van der Waals surface area contributed by atoms with Crippen LogP contribution in [0.15, 0.2) is 24.5 Å². The van der Waals surface area contributed by atoms with Gasteiger partial charge in [-0.25, -0.2) is 15.0 Å². The van der Waals surface area contributed by atoms with E-state index in [2.05, 4.69) is 38.6 Å². The molecule has 0 saturated carbocycles. The highest BCUT2D eigenvalue weighted by Gasteiger charge is 2.23. The molecule has 0 aliphatic carbocycles. The molecule has 0 spiro atoms. The molecule has 0 amide bonds. The average Bonchev–Trinajstić information content (AvgIpc) is 3.27. The number of rotatable bonds is 19. The molecule has 0 unspecified atom stereocenters. The maximum absolute atomic E-state index is 11.8. The van der Waals surface area contributed by atoms with Gasteiger partial charge in [0.1, 0.15) is 6.33 Å². The fourth-order valence-electron chi connectivity index (χ4n) is 4.49. The molecule has 8 nitrogen and oxygen atoms in total. The van der Waals surface area contributed by atoms with Crippen molar-refractivity contribution in [2.24, 2.45) is 0 Å². The lowest BCUT2D eigenvalue weighted by molar-refractivity contribution is -0.383. The molecule has 2 aromatic heterocycles. The van der Waals surface area contributed by atoms with E-state index >= 15 is 0 Å². The van der Waals surface area contributed by atoms with Gasteiger partial charge in [0, 0.05) is 6.54 Å². The van der Waals surface area contributed by atoms with Crippen LogP contribution in [-0.2, 0) is 0 Å². The van der Waals surface area contributed by atoms with Gasteiger partial charge < -0.3 is 10.6 Å². The smallest absolute Gasteiger partial charge is 0.353 e. The van der Waals surface area contributed by atoms with E-state index in [1.54, 1.807) is 0 Å². The highest BCUT2D eigenvalue weighted by Crippen LogP contribution is 2.34. The first kappa shape index (κ1) is 28.8. The molecule has 9 heteroatoms. The third kappa shape index (κ3) is 9.87. The normalized spacial score (nSPS) is 11.2. The molecule has 2 N–H and O–H groups in total. The van der Waals surface area contributed by atoms with Gasteiger partial charge in [-0.3, -0.25) is 10.1 Å². The monoisotopic (exact) mass is 526 g/mol. The number of aryl methyl sites for hydroxylation is 1. The third-order valence-electron chi connectivity index (χ3n) is 6.60. The highest BCUT2D eigenvalue weighted by atomic mass is 32.1. The van der Waals surface area contributed by atoms with E-state index in [9.17, 15) is 10.1 Å². The lowest BCUT2D eigenvalue weighted by atomic mass is 10.0. The van der Waals surface area contributed by atoms with Crippen molar-refractivity contribution in [2.45, 2.75) is 104 Å². The Bertz CT molecular complexity index is 1100. The van der Waals surface area contributed by atoms with Crippen molar-refractivity contribution < 1.29 is 4.92 Å². The first-order chi connectivity index (χ1) is 18.1. The number of nitrogens with one attached hydrogen (secondary N) is 2. The molecule has 3 aromatic rings. The molecular formula is C28H42N6O2S. The van der Waals surface area contributed by atoms with Crippen molar-refractivity contribution in [1.29, 1.82) is 0 Å². The summed E-state index contributed by atoms with van der Waals surface area (Å²) >= 11 is 1.45. The summed E-state index contributed by atoms with van der Waals surface area (Å²) < 4.78 is 1.02. The molecule has 37 heavy (non-hydrogen) atoms. The van der Waals surface area contributed by atoms with Gasteiger partial charge in [-0.05, 0) is 31.0 Å². The second-order valence-electron chi connectivity index (χ2n) is 9.81. The average molecular weight is 527 g/mol. The fourth-order valence-corrected chi connectivity index (χ4v) is 5.45. The van der Waals surface area contributed by atoms with Crippen LogP contribution in [0.5, 0.6) is 0 Å².